The molecule has 0 amide bonds. The van der Waals surface area contributed by atoms with Gasteiger partial charge in [-0.1, -0.05) is 8.53 Å². The Balaban J connectivity index is 4.08. The van der Waals surface area contributed by atoms with Crippen LogP contribution < -0.4 is 0 Å². The van der Waals surface area contributed by atoms with Gasteiger partial charge in [0.05, 0.1) is 0 Å². The van der Waals surface area contributed by atoms with Crippen molar-refractivity contribution >= 4 is 424 Å². The first kappa shape index (κ1) is 74.9. The van der Waals surface area contributed by atoms with Gasteiger partial charge in [-0.05, 0) is 60.4 Å². The smallest absolute Gasteiger partial charge is 0.0835 e. The second-order valence-electron chi connectivity index (χ2n) is 5.19. The summed E-state index contributed by atoms with van der Waals surface area (Å²) in [5.74, 6) is 0. The van der Waals surface area contributed by atoms with Gasteiger partial charge in [0, 0.05) is 257 Å². The van der Waals surface area contributed by atoms with Crippen molar-refractivity contribution in [3.05, 3.63) is 0 Å². The molecule has 0 heterocycles. The van der Waals surface area contributed by atoms with Crippen LogP contribution in [0, 0.1) is 0 Å². The second kappa shape index (κ2) is 71.9. The monoisotopic (exact) mass is 1770 g/mol. The van der Waals surface area contributed by atoms with E-state index < -0.39 is 6.94 Å². The molecule has 0 saturated heterocycles. The molecule has 0 N–H and O–H groups in total. The zero-order valence-electron chi connectivity index (χ0n) is 26.5. The molecule has 0 aliphatic heterocycles. The van der Waals surface area contributed by atoms with E-state index in [1.165, 1.54) is 52.9 Å². The van der Waals surface area contributed by atoms with Crippen LogP contribution >= 0.6 is 424 Å². The molecular formula is CH4OP56. The van der Waals surface area contributed by atoms with E-state index in [0.717, 1.165) is 0 Å². The predicted molar refractivity (Wildman–Crippen MR) is 396 cm³/mol. The number of hydrogen-bond acceptors (Lipinski definition) is 1. The predicted octanol–water partition coefficient (Wildman–Crippen LogP) is 48.1. The van der Waals surface area contributed by atoms with Crippen LogP contribution in [0.3, 0.4) is 0 Å². The quantitative estimate of drug-likeness (QED) is 0.0785. The summed E-state index contributed by atoms with van der Waals surface area (Å²) in [5, 5.41) is 0. The van der Waals surface area contributed by atoms with Gasteiger partial charge < -0.3 is 0 Å². The van der Waals surface area contributed by atoms with E-state index in [9.17, 15) is 0 Å². The fraction of sp³-hybridized carbons (Fsp3) is 1.00. The molecule has 57 heteroatoms. The molecule has 0 aliphatic rings. The molecular weight excluding hydrogens is 1760 g/mol. The Bertz CT molecular complexity index is 1960. The van der Waals surface area contributed by atoms with E-state index in [1.54, 1.807) is 355 Å². The van der Waals surface area contributed by atoms with E-state index in [-0.39, 0.29) is 0 Å². The van der Waals surface area contributed by atoms with Gasteiger partial charge in [0.2, 0.25) is 0 Å². The third-order valence-electron chi connectivity index (χ3n) is 2.32. The zero-order chi connectivity index (χ0) is 41.8. The van der Waals surface area contributed by atoms with Crippen molar-refractivity contribution in [1.82, 2.24) is 0 Å². The summed E-state index contributed by atoms with van der Waals surface area (Å²) in [7, 11) is 93.2. The molecule has 1 atom stereocenters. The molecule has 0 aliphatic carbocycles. The van der Waals surface area contributed by atoms with Crippen molar-refractivity contribution in [3.8, 4) is 0 Å². The summed E-state index contributed by atoms with van der Waals surface area (Å²) in [4.78, 5) is 0. The molecule has 58 heavy (non-hydrogen) atoms. The second-order valence-corrected chi connectivity index (χ2v) is 133. The van der Waals surface area contributed by atoms with Crippen molar-refractivity contribution in [2.45, 2.75) is 0 Å². The Hall–Kier alpha value is 16.9. The van der Waals surface area contributed by atoms with Gasteiger partial charge in [-0.15, -0.1) is 0 Å². The SMILES string of the molecule is COP(#P)P=PP=PP=PP=PP=PP=PP=PP=PP=PP=PP=PP=PP=PP=PP=PP=PP=PP=PP=PP=PP=PP=PP=PP=PP=PP=PP=P. The first-order chi connectivity index (χ1) is 28.8. The van der Waals surface area contributed by atoms with Crippen molar-refractivity contribution in [3.63, 3.8) is 0 Å². The summed E-state index contributed by atoms with van der Waals surface area (Å²) in [6.07, 6.45) is 0. The first-order valence-electron chi connectivity index (χ1n) is 11.6. The fourth-order valence-electron chi connectivity index (χ4n) is 0.985. The minimum atomic E-state index is -0.509. The van der Waals surface area contributed by atoms with Crippen LogP contribution in [0.4, 0.5) is 0 Å². The minimum Gasteiger partial charge on any atom is -0.0835 e. The molecule has 294 valence electrons. The molecule has 0 bridgehead atoms. The summed E-state index contributed by atoms with van der Waals surface area (Å²) >= 11 is 0. The Labute approximate surface area is 429 Å². The summed E-state index contributed by atoms with van der Waals surface area (Å²) in [6, 6.07) is 0. The van der Waals surface area contributed by atoms with Gasteiger partial charge >= 0.3 is 110 Å². The molecule has 0 aromatic heterocycles. The van der Waals surface area contributed by atoms with Crippen LogP contribution in [0.25, 0.3) is 0 Å². The van der Waals surface area contributed by atoms with E-state index >= 15 is 0 Å². The molecule has 0 radical (unpaired) electrons. The van der Waals surface area contributed by atoms with Crippen LogP contribution in [-0.2, 0) is 4.52 Å². The molecule has 0 aromatic rings. The first-order valence-corrected chi connectivity index (χ1v) is 100. The summed E-state index contributed by atoms with van der Waals surface area (Å²) < 4.78 is 5.22. The molecule has 0 saturated carbocycles. The van der Waals surface area contributed by atoms with E-state index in [4.69, 9.17) is 4.52 Å². The topological polar surface area (TPSA) is 9.23 Å². The van der Waals surface area contributed by atoms with Crippen molar-refractivity contribution in [1.29, 1.82) is 0 Å². The number of rotatable bonds is 26. The van der Waals surface area contributed by atoms with Crippen LogP contribution in [0.5, 0.6) is 0 Å². The van der Waals surface area contributed by atoms with Crippen LogP contribution in [0.15, 0.2) is 0 Å². The van der Waals surface area contributed by atoms with Crippen LogP contribution in [0.1, 0.15) is 0 Å². The fourth-order valence-corrected chi connectivity index (χ4v) is 229. The average Bonchev–Trinajstić information content (AvgIpc) is 3.24. The van der Waals surface area contributed by atoms with Crippen LogP contribution in [-0.4, -0.2) is 7.11 Å². The normalized spacial score (nSPS) is 15.6. The Morgan fingerprint density at radius 3 is 0.483 bits per heavy atom. The van der Waals surface area contributed by atoms with E-state index in [0.29, 0.717) is 0 Å². The molecule has 1 nitrogen and oxygen atoms in total. The van der Waals surface area contributed by atoms with Gasteiger partial charge in [0.15, 0.2) is 0 Å². The molecule has 0 aromatic carbocycles. The van der Waals surface area contributed by atoms with Gasteiger partial charge in [-0.2, -0.15) is 0 Å². The Kier molecular flexibility index (Phi) is 92.8. The van der Waals surface area contributed by atoms with Gasteiger partial charge in [0.1, 0.15) is 0 Å². The molecule has 0 spiro atoms. The summed E-state index contributed by atoms with van der Waals surface area (Å²) in [5.41, 5.74) is 0. The standard InChI is InChI=1S/CH4OP56/c1-2-58(4)57-56-55-54-53-52-51-50-49-48-47-46-45-44-43-42-41-40-39-38-37-36-35-34-33-32-31-30-29-28-27-26-25-24-23-22-21-20-19-18-17-16-15-14-13-12-11-10-9-8-7-6-5-3/h3H,1H3. The molecule has 0 rings (SSSR count). The summed E-state index contributed by atoms with van der Waals surface area (Å²) in [6.45, 7) is -0.509. The third-order valence-corrected chi connectivity index (χ3v) is 175. The molecule has 0 fully saturated rings. The third kappa shape index (κ3) is 70.9. The Morgan fingerprint density at radius 1 is 0.241 bits per heavy atom. The molecule has 1 unspecified atom stereocenters. The van der Waals surface area contributed by atoms with Crippen molar-refractivity contribution < 1.29 is 4.52 Å². The average molecular weight is 1770 g/mol. The maximum absolute atomic E-state index is 5.22. The van der Waals surface area contributed by atoms with Crippen molar-refractivity contribution in [2.75, 3.05) is 7.11 Å². The van der Waals surface area contributed by atoms with Gasteiger partial charge in [-0.25, -0.2) is 0 Å². The Morgan fingerprint density at radius 2 is 0.362 bits per heavy atom. The van der Waals surface area contributed by atoms with E-state index in [2.05, 4.69) is 16.9 Å². The maximum atomic E-state index is 5.22. The van der Waals surface area contributed by atoms with Gasteiger partial charge in [-0.3, -0.25) is 0 Å². The van der Waals surface area contributed by atoms with Crippen LogP contribution in [0.2, 0.25) is 0 Å². The van der Waals surface area contributed by atoms with E-state index in [1.807, 2.05) is 0 Å². The zero-order valence-corrected chi connectivity index (χ0v) is 76.7. The van der Waals surface area contributed by atoms with Gasteiger partial charge in [0.25, 0.3) is 0 Å². The van der Waals surface area contributed by atoms with Crippen molar-refractivity contribution in [2.24, 2.45) is 0 Å². The minimum absolute atomic E-state index is 0.509. The number of hydrogen-bond donors (Lipinski definition) is 0.